The minimum atomic E-state index is -3.93. The van der Waals surface area contributed by atoms with Gasteiger partial charge in [-0.1, -0.05) is 12.1 Å². The molecule has 0 aliphatic rings. The second kappa shape index (κ2) is 4.14. The molecule has 0 saturated heterocycles. The van der Waals surface area contributed by atoms with Crippen LogP contribution in [0.4, 0.5) is 9.52 Å². The van der Waals surface area contributed by atoms with E-state index in [1.807, 2.05) is 0 Å². The van der Waals surface area contributed by atoms with Crippen molar-refractivity contribution >= 4 is 26.7 Å². The van der Waals surface area contributed by atoms with Gasteiger partial charge in [0, 0.05) is 11.5 Å². The van der Waals surface area contributed by atoms with Crippen molar-refractivity contribution in [2.75, 3.05) is 4.72 Å². The molecule has 16 heavy (non-hydrogen) atoms. The average molecular weight is 259 g/mol. The van der Waals surface area contributed by atoms with Crippen LogP contribution in [-0.4, -0.2) is 17.8 Å². The van der Waals surface area contributed by atoms with E-state index in [1.54, 1.807) is 0 Å². The topological polar surface area (TPSA) is 72.0 Å². The number of sulfonamides is 1. The highest BCUT2D eigenvalue weighted by Crippen LogP contribution is 2.18. The van der Waals surface area contributed by atoms with Gasteiger partial charge in [0.15, 0.2) is 0 Å². The Balaban J connectivity index is 2.37. The molecule has 0 unspecified atom stereocenters. The summed E-state index contributed by atoms with van der Waals surface area (Å²) in [5.41, 5.74) is 0. The van der Waals surface area contributed by atoms with Crippen molar-refractivity contribution in [3.63, 3.8) is 0 Å². The van der Waals surface area contributed by atoms with Gasteiger partial charge in [0.2, 0.25) is 5.13 Å². The molecule has 0 fully saturated rings. The van der Waals surface area contributed by atoms with Gasteiger partial charge in [0.25, 0.3) is 10.0 Å². The van der Waals surface area contributed by atoms with E-state index in [2.05, 4.69) is 14.1 Å². The predicted molar refractivity (Wildman–Crippen MR) is 57.1 cm³/mol. The monoisotopic (exact) mass is 259 g/mol. The van der Waals surface area contributed by atoms with E-state index in [9.17, 15) is 12.8 Å². The van der Waals surface area contributed by atoms with Crippen molar-refractivity contribution in [3.05, 3.63) is 36.4 Å². The number of nitrogens with one attached hydrogen (secondary N) is 1. The van der Waals surface area contributed by atoms with Crippen LogP contribution in [0.25, 0.3) is 0 Å². The zero-order valence-electron chi connectivity index (χ0n) is 7.79. The number of benzene rings is 1. The van der Waals surface area contributed by atoms with Crippen molar-refractivity contribution in [1.29, 1.82) is 0 Å². The lowest BCUT2D eigenvalue weighted by molar-refractivity contribution is 0.570. The lowest BCUT2D eigenvalue weighted by Gasteiger charge is -2.04. The maximum Gasteiger partial charge on any atom is 0.266 e. The summed E-state index contributed by atoms with van der Waals surface area (Å²) < 4.78 is 42.4. The zero-order chi connectivity index (χ0) is 11.6. The van der Waals surface area contributed by atoms with E-state index < -0.39 is 20.7 Å². The quantitative estimate of drug-likeness (QED) is 0.906. The highest BCUT2D eigenvalue weighted by Gasteiger charge is 2.19. The van der Waals surface area contributed by atoms with Crippen LogP contribution in [0, 0.1) is 5.82 Å². The number of rotatable bonds is 3. The van der Waals surface area contributed by atoms with Crippen LogP contribution < -0.4 is 4.72 Å². The van der Waals surface area contributed by atoms with E-state index in [1.165, 1.54) is 24.5 Å². The van der Waals surface area contributed by atoms with E-state index in [0.717, 1.165) is 17.6 Å². The molecule has 1 aromatic carbocycles. The Labute approximate surface area is 95.2 Å². The molecule has 1 heterocycles. The summed E-state index contributed by atoms with van der Waals surface area (Å²) in [5, 5.41) is 0.100. The van der Waals surface area contributed by atoms with Gasteiger partial charge in [0.05, 0.1) is 0 Å². The molecule has 0 atom stereocenters. The third-order valence-corrected chi connectivity index (χ3v) is 3.79. The number of aromatic nitrogens is 2. The summed E-state index contributed by atoms with van der Waals surface area (Å²) in [6, 6.07) is 5.12. The highest BCUT2D eigenvalue weighted by molar-refractivity contribution is 7.93. The van der Waals surface area contributed by atoms with Gasteiger partial charge in [-0.3, -0.25) is 4.72 Å². The molecule has 0 radical (unpaired) electrons. The molecule has 2 rings (SSSR count). The first-order valence-electron chi connectivity index (χ1n) is 4.13. The molecule has 0 amide bonds. The predicted octanol–water partition coefficient (Wildman–Crippen LogP) is 1.48. The van der Waals surface area contributed by atoms with Crippen LogP contribution in [-0.2, 0) is 10.0 Å². The van der Waals surface area contributed by atoms with E-state index >= 15 is 0 Å². The van der Waals surface area contributed by atoms with Crippen LogP contribution in [0.2, 0.25) is 0 Å². The Morgan fingerprint density at radius 1 is 1.31 bits per heavy atom. The summed E-state index contributed by atoms with van der Waals surface area (Å²) in [6.45, 7) is 0. The molecule has 0 spiro atoms. The molecule has 84 valence electrons. The standard InChI is InChI=1S/C8H6FN3O2S2/c9-6-3-1-2-4-7(6)16(13,14)12-8-10-5-11-15-8/h1-5H,(H,10,11,12). The molecule has 0 bridgehead atoms. The smallest absolute Gasteiger partial charge is 0.253 e. The Hall–Kier alpha value is -1.54. The first kappa shape index (κ1) is 11.0. The molecule has 8 heteroatoms. The molecule has 1 aromatic heterocycles. The molecule has 1 N–H and O–H groups in total. The van der Waals surface area contributed by atoms with Gasteiger partial charge in [-0.2, -0.15) is 4.37 Å². The van der Waals surface area contributed by atoms with Gasteiger partial charge >= 0.3 is 0 Å². The normalized spacial score (nSPS) is 11.3. The van der Waals surface area contributed by atoms with Crippen molar-refractivity contribution in [1.82, 2.24) is 9.36 Å². The third-order valence-electron chi connectivity index (χ3n) is 1.71. The number of hydrogen-bond donors (Lipinski definition) is 1. The lowest BCUT2D eigenvalue weighted by atomic mass is 10.4. The van der Waals surface area contributed by atoms with Crippen LogP contribution in [0.3, 0.4) is 0 Å². The Morgan fingerprint density at radius 2 is 2.06 bits per heavy atom. The first-order valence-corrected chi connectivity index (χ1v) is 6.39. The van der Waals surface area contributed by atoms with E-state index in [-0.39, 0.29) is 5.13 Å². The largest absolute Gasteiger partial charge is 0.266 e. The second-order valence-electron chi connectivity index (χ2n) is 2.78. The Morgan fingerprint density at radius 3 is 2.69 bits per heavy atom. The van der Waals surface area contributed by atoms with Gasteiger partial charge in [-0.25, -0.2) is 17.8 Å². The van der Waals surface area contributed by atoms with E-state index in [4.69, 9.17) is 0 Å². The maximum absolute atomic E-state index is 13.3. The summed E-state index contributed by atoms with van der Waals surface area (Å²) in [7, 11) is -3.93. The fourth-order valence-corrected chi connectivity index (χ4v) is 2.79. The number of hydrogen-bond acceptors (Lipinski definition) is 5. The number of nitrogens with zero attached hydrogens (tertiary/aromatic N) is 2. The highest BCUT2D eigenvalue weighted by atomic mass is 32.2. The maximum atomic E-state index is 13.3. The fraction of sp³-hybridized carbons (Fsp3) is 0. The molecule has 0 aliphatic carbocycles. The Bertz CT molecular complexity index is 583. The number of anilines is 1. The molecule has 2 aromatic rings. The molecule has 0 saturated carbocycles. The fourth-order valence-electron chi connectivity index (χ4n) is 1.05. The number of halogens is 1. The average Bonchev–Trinajstić information content (AvgIpc) is 2.70. The second-order valence-corrected chi connectivity index (χ2v) is 5.21. The van der Waals surface area contributed by atoms with Gasteiger partial charge < -0.3 is 0 Å². The van der Waals surface area contributed by atoms with Crippen molar-refractivity contribution in [3.8, 4) is 0 Å². The summed E-state index contributed by atoms with van der Waals surface area (Å²) in [6.07, 6.45) is 1.21. The van der Waals surface area contributed by atoms with Gasteiger partial charge in [-0.05, 0) is 12.1 Å². The summed E-state index contributed by atoms with van der Waals surface area (Å²) in [5.74, 6) is -0.806. The minimum absolute atomic E-state index is 0.100. The molecule has 5 nitrogen and oxygen atoms in total. The van der Waals surface area contributed by atoms with Crippen molar-refractivity contribution in [2.45, 2.75) is 4.90 Å². The summed E-state index contributed by atoms with van der Waals surface area (Å²) >= 11 is 0.876. The zero-order valence-corrected chi connectivity index (χ0v) is 9.43. The van der Waals surface area contributed by atoms with Gasteiger partial charge in [0.1, 0.15) is 17.0 Å². The van der Waals surface area contributed by atoms with Crippen molar-refractivity contribution < 1.29 is 12.8 Å². The van der Waals surface area contributed by atoms with Crippen LogP contribution in [0.15, 0.2) is 35.5 Å². The lowest BCUT2D eigenvalue weighted by Crippen LogP contribution is -2.14. The summed E-state index contributed by atoms with van der Waals surface area (Å²) in [4.78, 5) is 3.24. The van der Waals surface area contributed by atoms with E-state index in [0.29, 0.717) is 0 Å². The third kappa shape index (κ3) is 2.17. The van der Waals surface area contributed by atoms with Crippen LogP contribution in [0.5, 0.6) is 0 Å². The van der Waals surface area contributed by atoms with Crippen molar-refractivity contribution in [2.24, 2.45) is 0 Å². The van der Waals surface area contributed by atoms with Crippen LogP contribution >= 0.6 is 11.5 Å². The first-order chi connectivity index (χ1) is 7.59. The SMILES string of the molecule is O=S(=O)(Nc1ncns1)c1ccccc1F. The Kier molecular flexibility index (Phi) is 2.84. The van der Waals surface area contributed by atoms with Crippen LogP contribution in [0.1, 0.15) is 0 Å². The molecular formula is C8H6FN3O2S2. The molecular weight excluding hydrogens is 253 g/mol. The minimum Gasteiger partial charge on any atom is -0.253 e. The molecule has 0 aliphatic heterocycles. The van der Waals surface area contributed by atoms with Gasteiger partial charge in [-0.15, -0.1) is 0 Å².